The van der Waals surface area contributed by atoms with E-state index < -0.39 is 0 Å². The minimum Gasteiger partial charge on any atom is -0.342 e. The molecule has 2 aliphatic heterocycles. The summed E-state index contributed by atoms with van der Waals surface area (Å²) in [6.07, 6.45) is 3.80. The van der Waals surface area contributed by atoms with E-state index in [-0.39, 0.29) is 5.92 Å². The summed E-state index contributed by atoms with van der Waals surface area (Å²) in [5.41, 5.74) is 0. The van der Waals surface area contributed by atoms with Crippen molar-refractivity contribution in [3.63, 3.8) is 0 Å². The Hall–Kier alpha value is -1.36. The van der Waals surface area contributed by atoms with Crippen LogP contribution in [-0.2, 0) is 18.4 Å². The number of likely N-dealkylation sites (tertiary alicyclic amines) is 2. The van der Waals surface area contributed by atoms with Crippen LogP contribution in [-0.4, -0.2) is 51.4 Å². The van der Waals surface area contributed by atoms with Crippen molar-refractivity contribution in [1.29, 1.82) is 0 Å². The fourth-order valence-electron chi connectivity index (χ4n) is 3.20. The smallest absolute Gasteiger partial charge is 0.227 e. The number of hydrogen-bond donors (Lipinski definition) is 0. The number of imidazole rings is 1. The highest BCUT2D eigenvalue weighted by Crippen LogP contribution is 2.32. The Morgan fingerprint density at radius 3 is 2.83 bits per heavy atom. The molecule has 0 aromatic carbocycles. The molecular weight excluding hydrogens is 228 g/mol. The van der Waals surface area contributed by atoms with Crippen LogP contribution in [0, 0.1) is 11.8 Å². The van der Waals surface area contributed by atoms with E-state index in [0.717, 1.165) is 38.5 Å². The number of carbonyl (C=O) groups is 1. The zero-order valence-corrected chi connectivity index (χ0v) is 11.0. The van der Waals surface area contributed by atoms with Gasteiger partial charge in [-0.15, -0.1) is 0 Å². The van der Waals surface area contributed by atoms with E-state index >= 15 is 0 Å². The molecule has 98 valence electrons. The summed E-state index contributed by atoms with van der Waals surface area (Å²) in [7, 11) is 2.02. The van der Waals surface area contributed by atoms with Crippen molar-refractivity contribution in [2.45, 2.75) is 13.5 Å². The number of aromatic nitrogens is 2. The summed E-state index contributed by atoms with van der Waals surface area (Å²) in [5, 5.41) is 0. The van der Waals surface area contributed by atoms with Crippen LogP contribution >= 0.6 is 0 Å². The third kappa shape index (κ3) is 1.82. The zero-order valence-electron chi connectivity index (χ0n) is 11.0. The van der Waals surface area contributed by atoms with Crippen LogP contribution in [0.3, 0.4) is 0 Å². The minimum absolute atomic E-state index is 0.227. The molecule has 2 atom stereocenters. The standard InChI is InChI=1S/C13H20N4O/c1-3-17-7-10-6-16(8-11(10)13(17)18)9-12-14-4-5-15(12)2/h4-5,10-11H,3,6-9H2,1-2H3/t10-,11-/m1/s1. The third-order valence-corrected chi connectivity index (χ3v) is 4.27. The van der Waals surface area contributed by atoms with Gasteiger partial charge in [-0.2, -0.15) is 0 Å². The van der Waals surface area contributed by atoms with Crippen LogP contribution in [0.1, 0.15) is 12.7 Å². The van der Waals surface area contributed by atoms with Gasteiger partial charge in [0.1, 0.15) is 5.82 Å². The first kappa shape index (κ1) is 11.7. The lowest BCUT2D eigenvalue weighted by Gasteiger charge is -2.20. The van der Waals surface area contributed by atoms with E-state index in [9.17, 15) is 4.79 Å². The first-order chi connectivity index (χ1) is 8.69. The average molecular weight is 248 g/mol. The summed E-state index contributed by atoms with van der Waals surface area (Å²) < 4.78 is 2.05. The number of aryl methyl sites for hydroxylation is 1. The fourth-order valence-corrected chi connectivity index (χ4v) is 3.20. The molecule has 0 saturated carbocycles. The predicted molar refractivity (Wildman–Crippen MR) is 67.7 cm³/mol. The number of fused-ring (bicyclic) bond motifs is 1. The molecule has 0 aliphatic carbocycles. The molecule has 1 aromatic heterocycles. The van der Waals surface area contributed by atoms with Crippen molar-refractivity contribution >= 4 is 5.91 Å². The molecule has 18 heavy (non-hydrogen) atoms. The molecule has 2 saturated heterocycles. The van der Waals surface area contributed by atoms with Crippen molar-refractivity contribution in [3.8, 4) is 0 Å². The van der Waals surface area contributed by atoms with Gasteiger partial charge in [0.2, 0.25) is 5.91 Å². The van der Waals surface area contributed by atoms with Crippen LogP contribution in [0.15, 0.2) is 12.4 Å². The molecule has 1 amide bonds. The highest BCUT2D eigenvalue weighted by molar-refractivity contribution is 5.82. The largest absolute Gasteiger partial charge is 0.342 e. The number of rotatable bonds is 3. The second kappa shape index (κ2) is 4.39. The average Bonchev–Trinajstić information content (AvgIpc) is 2.99. The first-order valence-electron chi connectivity index (χ1n) is 6.66. The van der Waals surface area contributed by atoms with Gasteiger partial charge in [-0.1, -0.05) is 0 Å². The van der Waals surface area contributed by atoms with E-state index in [1.807, 2.05) is 28.9 Å². The van der Waals surface area contributed by atoms with Gasteiger partial charge in [-0.3, -0.25) is 9.69 Å². The van der Waals surface area contributed by atoms with Gasteiger partial charge in [0, 0.05) is 51.5 Å². The van der Waals surface area contributed by atoms with E-state index in [4.69, 9.17) is 0 Å². The number of hydrogen-bond acceptors (Lipinski definition) is 3. The quantitative estimate of drug-likeness (QED) is 0.774. The maximum Gasteiger partial charge on any atom is 0.227 e. The van der Waals surface area contributed by atoms with Crippen LogP contribution in [0.2, 0.25) is 0 Å². The van der Waals surface area contributed by atoms with Crippen LogP contribution in [0.25, 0.3) is 0 Å². The summed E-state index contributed by atoms with van der Waals surface area (Å²) in [5.74, 6) is 2.18. The predicted octanol–water partition coefficient (Wildman–Crippen LogP) is 0.330. The van der Waals surface area contributed by atoms with Crippen molar-refractivity contribution < 1.29 is 4.79 Å². The molecule has 2 fully saturated rings. The molecule has 0 unspecified atom stereocenters. The molecule has 5 nitrogen and oxygen atoms in total. The van der Waals surface area contributed by atoms with Crippen molar-refractivity contribution in [1.82, 2.24) is 19.4 Å². The first-order valence-corrected chi connectivity index (χ1v) is 6.66. The van der Waals surface area contributed by atoms with Gasteiger partial charge in [-0.05, 0) is 6.92 Å². The Kier molecular flexibility index (Phi) is 2.86. The molecule has 0 spiro atoms. The SMILES string of the molecule is CCN1C[C@H]2CN(Cc3nccn3C)C[C@H]2C1=O. The highest BCUT2D eigenvalue weighted by Gasteiger charge is 2.45. The third-order valence-electron chi connectivity index (χ3n) is 4.27. The molecule has 3 heterocycles. The van der Waals surface area contributed by atoms with E-state index in [1.54, 1.807) is 0 Å². The molecule has 5 heteroatoms. The lowest BCUT2D eigenvalue weighted by molar-refractivity contribution is -0.130. The van der Waals surface area contributed by atoms with Crippen molar-refractivity contribution in [2.24, 2.45) is 18.9 Å². The van der Waals surface area contributed by atoms with Gasteiger partial charge < -0.3 is 9.47 Å². The number of nitrogens with zero attached hydrogens (tertiary/aromatic N) is 4. The van der Waals surface area contributed by atoms with Gasteiger partial charge in [0.25, 0.3) is 0 Å². The van der Waals surface area contributed by atoms with Gasteiger partial charge in [0.15, 0.2) is 0 Å². The van der Waals surface area contributed by atoms with Crippen molar-refractivity contribution in [2.75, 3.05) is 26.2 Å². The van der Waals surface area contributed by atoms with Crippen LogP contribution in [0.5, 0.6) is 0 Å². The monoisotopic (exact) mass is 248 g/mol. The summed E-state index contributed by atoms with van der Waals surface area (Å²) >= 11 is 0. The molecule has 1 aromatic rings. The lowest BCUT2D eigenvalue weighted by Crippen LogP contribution is -2.32. The Balaban J connectivity index is 1.64. The van der Waals surface area contributed by atoms with Crippen molar-refractivity contribution in [3.05, 3.63) is 18.2 Å². The minimum atomic E-state index is 0.227. The van der Waals surface area contributed by atoms with Crippen LogP contribution in [0.4, 0.5) is 0 Å². The van der Waals surface area contributed by atoms with Gasteiger partial charge in [-0.25, -0.2) is 4.98 Å². The van der Waals surface area contributed by atoms with E-state index in [1.165, 1.54) is 0 Å². The Labute approximate surface area is 107 Å². The molecule has 3 rings (SSSR count). The maximum absolute atomic E-state index is 12.1. The number of carbonyl (C=O) groups excluding carboxylic acids is 1. The Morgan fingerprint density at radius 1 is 1.39 bits per heavy atom. The summed E-state index contributed by atoms with van der Waals surface area (Å²) in [6.45, 7) is 6.63. The van der Waals surface area contributed by atoms with Gasteiger partial charge in [0.05, 0.1) is 12.5 Å². The second-order valence-electron chi connectivity index (χ2n) is 5.39. The topological polar surface area (TPSA) is 41.4 Å². The fraction of sp³-hybridized carbons (Fsp3) is 0.692. The molecule has 0 bridgehead atoms. The Morgan fingerprint density at radius 2 is 2.22 bits per heavy atom. The second-order valence-corrected chi connectivity index (χ2v) is 5.39. The molecule has 2 aliphatic rings. The van der Waals surface area contributed by atoms with E-state index in [2.05, 4.69) is 16.8 Å². The molecule has 0 radical (unpaired) electrons. The number of amides is 1. The molecular formula is C13H20N4O. The summed E-state index contributed by atoms with van der Waals surface area (Å²) in [6, 6.07) is 0. The zero-order chi connectivity index (χ0) is 12.7. The normalized spacial score (nSPS) is 28.1. The highest BCUT2D eigenvalue weighted by atomic mass is 16.2. The molecule has 0 N–H and O–H groups in total. The van der Waals surface area contributed by atoms with Gasteiger partial charge >= 0.3 is 0 Å². The van der Waals surface area contributed by atoms with E-state index in [0.29, 0.717) is 11.8 Å². The lowest BCUT2D eigenvalue weighted by atomic mass is 10.0. The Bertz CT molecular complexity index is 456. The maximum atomic E-state index is 12.1. The van der Waals surface area contributed by atoms with Crippen LogP contribution < -0.4 is 0 Å². The summed E-state index contributed by atoms with van der Waals surface area (Å²) in [4.78, 5) is 20.8.